The average molecular weight is 530 g/mol. The van der Waals surface area contributed by atoms with E-state index in [-0.39, 0.29) is 11.6 Å². The highest BCUT2D eigenvalue weighted by molar-refractivity contribution is 6.07. The summed E-state index contributed by atoms with van der Waals surface area (Å²) in [6.45, 7) is 2.24. The van der Waals surface area contributed by atoms with Crippen LogP contribution in [-0.2, 0) is 11.3 Å². The number of ether oxygens (including phenoxy) is 1. The normalized spacial score (nSPS) is 22.1. The van der Waals surface area contributed by atoms with Gasteiger partial charge in [0.2, 0.25) is 0 Å². The number of hydrazine groups is 2. The Hall–Kier alpha value is -3.20. The summed E-state index contributed by atoms with van der Waals surface area (Å²) in [5, 5.41) is 4.29. The Kier molecular flexibility index (Phi) is 7.42. The molecule has 4 N–H and O–H groups in total. The van der Waals surface area contributed by atoms with Gasteiger partial charge in [-0.15, -0.1) is 0 Å². The molecule has 2 amide bonds. The predicted molar refractivity (Wildman–Crippen MR) is 154 cm³/mol. The molecule has 2 aromatic carbocycles. The molecular weight excluding hydrogens is 490 g/mol. The number of aromatic nitrogens is 1. The second-order valence-electron chi connectivity index (χ2n) is 11.6. The van der Waals surface area contributed by atoms with Gasteiger partial charge in [-0.25, -0.2) is 21.5 Å². The first kappa shape index (κ1) is 26.0. The Balaban J connectivity index is 1.22. The molecule has 6 rings (SSSR count). The number of pyridine rings is 1. The fraction of sp³-hybridized carbons (Fsp3) is 0.484. The Morgan fingerprint density at radius 2 is 1.69 bits per heavy atom. The van der Waals surface area contributed by atoms with Gasteiger partial charge in [0.25, 0.3) is 5.56 Å². The van der Waals surface area contributed by atoms with E-state index in [4.69, 9.17) is 16.4 Å². The van der Waals surface area contributed by atoms with E-state index < -0.39 is 6.03 Å². The maximum Gasteiger partial charge on any atom is 0.353 e. The number of hydrogen-bond donors (Lipinski definition) is 2. The minimum atomic E-state index is -0.396. The van der Waals surface area contributed by atoms with Crippen molar-refractivity contribution in [3.63, 3.8) is 0 Å². The number of hydrogen-bond acceptors (Lipinski definition) is 5. The predicted octanol–water partition coefficient (Wildman–Crippen LogP) is 5.04. The summed E-state index contributed by atoms with van der Waals surface area (Å²) in [5.74, 6) is 14.4. The average Bonchev–Trinajstić information content (AvgIpc) is 3.79. The van der Waals surface area contributed by atoms with Crippen molar-refractivity contribution < 1.29 is 9.53 Å². The molecule has 39 heavy (non-hydrogen) atoms. The summed E-state index contributed by atoms with van der Waals surface area (Å²) in [7, 11) is 0. The second kappa shape index (κ2) is 11.1. The third kappa shape index (κ3) is 5.33. The number of benzene rings is 2. The number of nitrogens with two attached hydrogens (primary N) is 2. The van der Waals surface area contributed by atoms with Crippen LogP contribution < -0.4 is 22.3 Å². The van der Waals surface area contributed by atoms with Crippen molar-refractivity contribution >= 4 is 22.5 Å². The van der Waals surface area contributed by atoms with Crippen molar-refractivity contribution in [2.45, 2.75) is 64.0 Å². The largest absolute Gasteiger partial charge is 0.381 e. The lowest BCUT2D eigenvalue weighted by atomic mass is 9.85. The van der Waals surface area contributed by atoms with Crippen LogP contribution in [0.1, 0.15) is 51.4 Å². The molecule has 1 aliphatic heterocycles. The topological polar surface area (TPSA) is 107 Å². The first-order valence-electron chi connectivity index (χ1n) is 14.4. The highest BCUT2D eigenvalue weighted by Crippen LogP contribution is 2.46. The highest BCUT2D eigenvalue weighted by atomic mass is 16.5. The van der Waals surface area contributed by atoms with Gasteiger partial charge >= 0.3 is 6.03 Å². The van der Waals surface area contributed by atoms with Crippen LogP contribution in [0.2, 0.25) is 0 Å². The molecule has 8 heteroatoms. The van der Waals surface area contributed by atoms with E-state index in [1.807, 2.05) is 48.7 Å². The highest BCUT2D eigenvalue weighted by Gasteiger charge is 2.48. The maximum absolute atomic E-state index is 13.3. The zero-order valence-corrected chi connectivity index (χ0v) is 22.5. The minimum Gasteiger partial charge on any atom is -0.381 e. The molecule has 3 aliphatic rings. The fourth-order valence-corrected chi connectivity index (χ4v) is 6.74. The van der Waals surface area contributed by atoms with Crippen LogP contribution in [-0.4, -0.2) is 34.9 Å². The van der Waals surface area contributed by atoms with E-state index in [1.165, 1.54) is 42.1 Å². The Labute approximate surface area is 229 Å². The van der Waals surface area contributed by atoms with Crippen LogP contribution in [0, 0.1) is 17.8 Å². The Bertz CT molecular complexity index is 1390. The molecule has 3 fully saturated rings. The molecule has 3 aromatic rings. The van der Waals surface area contributed by atoms with E-state index in [9.17, 15) is 9.59 Å². The number of fused-ring (bicyclic) bond motifs is 1. The van der Waals surface area contributed by atoms with Crippen molar-refractivity contribution in [3.05, 3.63) is 65.1 Å². The van der Waals surface area contributed by atoms with Crippen LogP contribution in [0.4, 0.5) is 10.5 Å². The molecule has 2 aliphatic carbocycles. The molecule has 2 unspecified atom stereocenters. The van der Waals surface area contributed by atoms with E-state index in [0.29, 0.717) is 30.0 Å². The summed E-state index contributed by atoms with van der Waals surface area (Å²) in [6.07, 6.45) is 11.2. The summed E-state index contributed by atoms with van der Waals surface area (Å²) in [6, 6.07) is 15.0. The molecule has 0 spiro atoms. The van der Waals surface area contributed by atoms with Gasteiger partial charge in [0.05, 0.1) is 11.7 Å². The summed E-state index contributed by atoms with van der Waals surface area (Å²) in [5.41, 5.74) is 2.35. The zero-order valence-electron chi connectivity index (χ0n) is 22.5. The lowest BCUT2D eigenvalue weighted by Gasteiger charge is -2.27. The SMILES string of the molecule is NN(C(=O)N(N)C1CC1C1CCCCC1)c1ccc(-c2ccn(CC3CCOCC3)c(=O)c2)c2ccccc12. The lowest BCUT2D eigenvalue weighted by molar-refractivity contribution is 0.0609. The molecule has 0 radical (unpaired) electrons. The Morgan fingerprint density at radius 1 is 0.949 bits per heavy atom. The molecule has 206 valence electrons. The number of urea groups is 1. The monoisotopic (exact) mass is 529 g/mol. The van der Waals surface area contributed by atoms with Crippen molar-refractivity contribution in [3.8, 4) is 11.1 Å². The van der Waals surface area contributed by atoms with Crippen LogP contribution in [0.15, 0.2) is 59.5 Å². The number of anilines is 1. The van der Waals surface area contributed by atoms with Gasteiger partial charge in [0.1, 0.15) is 0 Å². The Morgan fingerprint density at radius 3 is 2.44 bits per heavy atom. The third-order valence-electron chi connectivity index (χ3n) is 9.11. The smallest absolute Gasteiger partial charge is 0.353 e. The van der Waals surface area contributed by atoms with Gasteiger partial charge < -0.3 is 9.30 Å². The minimum absolute atomic E-state index is 0.0153. The fourth-order valence-electron chi connectivity index (χ4n) is 6.74. The quantitative estimate of drug-likeness (QED) is 0.264. The first-order chi connectivity index (χ1) is 19.0. The van der Waals surface area contributed by atoms with Crippen LogP contribution in [0.3, 0.4) is 0 Å². The molecule has 2 saturated carbocycles. The first-order valence-corrected chi connectivity index (χ1v) is 14.4. The van der Waals surface area contributed by atoms with Crippen LogP contribution in [0.5, 0.6) is 0 Å². The van der Waals surface area contributed by atoms with Crippen molar-refractivity contribution in [1.29, 1.82) is 0 Å². The van der Waals surface area contributed by atoms with Crippen LogP contribution >= 0.6 is 0 Å². The van der Waals surface area contributed by atoms with Crippen molar-refractivity contribution in [2.24, 2.45) is 29.4 Å². The summed E-state index contributed by atoms with van der Waals surface area (Å²) < 4.78 is 7.25. The molecule has 1 saturated heterocycles. The van der Waals surface area contributed by atoms with Gasteiger partial charge in [0, 0.05) is 37.4 Å². The summed E-state index contributed by atoms with van der Waals surface area (Å²) >= 11 is 0. The number of rotatable bonds is 6. The van der Waals surface area contributed by atoms with Gasteiger partial charge in [-0.05, 0) is 65.7 Å². The number of amides is 2. The third-order valence-corrected chi connectivity index (χ3v) is 9.11. The van der Waals surface area contributed by atoms with Gasteiger partial charge in [0.15, 0.2) is 0 Å². The van der Waals surface area contributed by atoms with Gasteiger partial charge in [-0.1, -0.05) is 62.4 Å². The number of nitrogens with zero attached hydrogens (tertiary/aromatic N) is 3. The van der Waals surface area contributed by atoms with E-state index in [1.54, 1.807) is 10.6 Å². The number of carbonyl (C=O) groups excluding carboxylic acids is 1. The van der Waals surface area contributed by atoms with E-state index >= 15 is 0 Å². The lowest BCUT2D eigenvalue weighted by Crippen LogP contribution is -2.52. The maximum atomic E-state index is 13.3. The summed E-state index contributed by atoms with van der Waals surface area (Å²) in [4.78, 5) is 26.4. The second-order valence-corrected chi connectivity index (χ2v) is 11.6. The molecule has 2 heterocycles. The standard InChI is InChI=1S/C31H39N5O3/c32-35(31(38)36(33)29-19-27(29)22-6-2-1-3-7-22)28-11-10-24(25-8-4-5-9-26(25)28)23-12-15-34(30(37)18-23)20-21-13-16-39-17-14-21/h4-5,8-12,15,18,21-22,27,29H,1-3,6-7,13-14,16-17,19-20,32-33H2. The van der Waals surface area contributed by atoms with E-state index in [2.05, 4.69) is 0 Å². The molecule has 8 nitrogen and oxygen atoms in total. The van der Waals surface area contributed by atoms with Crippen molar-refractivity contribution in [2.75, 3.05) is 18.2 Å². The molecule has 0 bridgehead atoms. The van der Waals surface area contributed by atoms with E-state index in [0.717, 1.165) is 54.4 Å². The van der Waals surface area contributed by atoms with Gasteiger partial charge in [-0.2, -0.15) is 0 Å². The molecular formula is C31H39N5O3. The number of carbonyl (C=O) groups is 1. The van der Waals surface area contributed by atoms with Crippen molar-refractivity contribution in [1.82, 2.24) is 9.58 Å². The zero-order chi connectivity index (χ0) is 26.9. The van der Waals surface area contributed by atoms with Gasteiger partial charge in [-0.3, -0.25) is 9.80 Å². The molecule has 1 aromatic heterocycles. The van der Waals surface area contributed by atoms with Crippen LogP contribution in [0.25, 0.3) is 21.9 Å². The molecule has 2 atom stereocenters.